The van der Waals surface area contributed by atoms with Crippen molar-refractivity contribution in [3.05, 3.63) is 29.8 Å². The molecule has 0 heterocycles. The summed E-state index contributed by atoms with van der Waals surface area (Å²) in [4.78, 5) is 0. The highest BCUT2D eigenvalue weighted by Crippen LogP contribution is 2.11. The van der Waals surface area contributed by atoms with Gasteiger partial charge in [0.05, 0.1) is 7.11 Å². The molecule has 0 aromatic heterocycles. The van der Waals surface area contributed by atoms with Gasteiger partial charge in [0.2, 0.25) is 0 Å². The second-order valence-electron chi connectivity index (χ2n) is 3.03. The highest BCUT2D eigenvalue weighted by Gasteiger charge is 1.97. The molecule has 2 nitrogen and oxygen atoms in total. The predicted octanol–water partition coefficient (Wildman–Crippen LogP) is 1.58. The number of benzene rings is 1. The molecule has 0 aliphatic heterocycles. The van der Waals surface area contributed by atoms with E-state index in [2.05, 4.69) is 0 Å². The van der Waals surface area contributed by atoms with Crippen molar-refractivity contribution < 1.29 is 4.74 Å². The molecular formula is C10H15NO. The van der Waals surface area contributed by atoms with E-state index in [1.54, 1.807) is 7.11 Å². The van der Waals surface area contributed by atoms with E-state index in [9.17, 15) is 0 Å². The zero-order valence-corrected chi connectivity index (χ0v) is 7.58. The Morgan fingerprint density at radius 2 is 1.92 bits per heavy atom. The lowest BCUT2D eigenvalue weighted by molar-refractivity contribution is 0.414. The molecule has 0 fully saturated rings. The van der Waals surface area contributed by atoms with Gasteiger partial charge in [0.15, 0.2) is 0 Å². The first kappa shape index (κ1) is 9.07. The van der Waals surface area contributed by atoms with Gasteiger partial charge in [-0.2, -0.15) is 0 Å². The van der Waals surface area contributed by atoms with Gasteiger partial charge in [-0.1, -0.05) is 12.1 Å². The molecule has 0 amide bonds. The molecule has 1 aromatic carbocycles. The summed E-state index contributed by atoms with van der Waals surface area (Å²) in [6.07, 6.45) is 0.921. The minimum atomic E-state index is 0.221. The van der Waals surface area contributed by atoms with Crippen LogP contribution in [0.2, 0.25) is 0 Å². The summed E-state index contributed by atoms with van der Waals surface area (Å²) < 4.78 is 5.04. The quantitative estimate of drug-likeness (QED) is 0.738. The van der Waals surface area contributed by atoms with Gasteiger partial charge in [-0.3, -0.25) is 0 Å². The molecule has 2 heteroatoms. The summed E-state index contributed by atoms with van der Waals surface area (Å²) in [5.74, 6) is 0.892. The fourth-order valence-electron chi connectivity index (χ4n) is 1.13. The Kier molecular flexibility index (Phi) is 3.11. The molecule has 0 bridgehead atoms. The Hall–Kier alpha value is -1.02. The molecule has 1 aromatic rings. The van der Waals surface area contributed by atoms with Gasteiger partial charge in [-0.05, 0) is 31.0 Å². The molecule has 0 radical (unpaired) electrons. The van der Waals surface area contributed by atoms with Gasteiger partial charge in [0.25, 0.3) is 0 Å². The molecule has 0 aliphatic carbocycles. The highest BCUT2D eigenvalue weighted by molar-refractivity contribution is 5.27. The first-order valence-electron chi connectivity index (χ1n) is 4.11. The van der Waals surface area contributed by atoms with Crippen molar-refractivity contribution >= 4 is 0 Å². The SMILES string of the molecule is COc1ccc(C[C@@H](C)N)cc1. The Balaban J connectivity index is 2.65. The standard InChI is InChI=1S/C10H15NO/c1-8(11)7-9-3-5-10(12-2)6-4-9/h3-6,8H,7,11H2,1-2H3/t8-/m1/s1. The van der Waals surface area contributed by atoms with E-state index in [-0.39, 0.29) is 6.04 Å². The van der Waals surface area contributed by atoms with E-state index in [4.69, 9.17) is 10.5 Å². The van der Waals surface area contributed by atoms with Crippen LogP contribution in [0.1, 0.15) is 12.5 Å². The summed E-state index contributed by atoms with van der Waals surface area (Å²) in [6, 6.07) is 8.22. The van der Waals surface area contributed by atoms with E-state index in [1.807, 2.05) is 31.2 Å². The first-order valence-corrected chi connectivity index (χ1v) is 4.11. The van der Waals surface area contributed by atoms with Crippen LogP contribution in [0, 0.1) is 0 Å². The maximum atomic E-state index is 5.66. The zero-order valence-electron chi connectivity index (χ0n) is 7.58. The summed E-state index contributed by atoms with van der Waals surface area (Å²) in [7, 11) is 1.67. The molecule has 1 rings (SSSR count). The lowest BCUT2D eigenvalue weighted by Crippen LogP contribution is -2.17. The fraction of sp³-hybridized carbons (Fsp3) is 0.400. The second-order valence-corrected chi connectivity index (χ2v) is 3.03. The summed E-state index contributed by atoms with van der Waals surface area (Å²) >= 11 is 0. The molecule has 12 heavy (non-hydrogen) atoms. The Labute approximate surface area is 73.3 Å². The number of hydrogen-bond donors (Lipinski definition) is 1. The lowest BCUT2D eigenvalue weighted by Gasteiger charge is -2.05. The average Bonchev–Trinajstić information content (AvgIpc) is 2.05. The molecule has 0 unspecified atom stereocenters. The van der Waals surface area contributed by atoms with Gasteiger partial charge >= 0.3 is 0 Å². The second kappa shape index (κ2) is 4.12. The van der Waals surface area contributed by atoms with Crippen LogP contribution in [0.3, 0.4) is 0 Å². The lowest BCUT2D eigenvalue weighted by atomic mass is 10.1. The zero-order chi connectivity index (χ0) is 8.97. The van der Waals surface area contributed by atoms with Crippen LogP contribution in [-0.4, -0.2) is 13.2 Å². The Bertz CT molecular complexity index is 228. The Morgan fingerprint density at radius 1 is 1.33 bits per heavy atom. The first-order chi connectivity index (χ1) is 5.72. The Morgan fingerprint density at radius 3 is 2.33 bits per heavy atom. The summed E-state index contributed by atoms with van der Waals surface area (Å²) in [5.41, 5.74) is 6.92. The predicted molar refractivity (Wildman–Crippen MR) is 50.3 cm³/mol. The van der Waals surface area contributed by atoms with Crippen molar-refractivity contribution in [2.45, 2.75) is 19.4 Å². The molecule has 0 spiro atoms. The van der Waals surface area contributed by atoms with Gasteiger partial charge in [-0.25, -0.2) is 0 Å². The van der Waals surface area contributed by atoms with E-state index < -0.39 is 0 Å². The molecule has 0 saturated carbocycles. The van der Waals surface area contributed by atoms with E-state index in [0.29, 0.717) is 0 Å². The highest BCUT2D eigenvalue weighted by atomic mass is 16.5. The monoisotopic (exact) mass is 165 g/mol. The maximum Gasteiger partial charge on any atom is 0.118 e. The molecule has 66 valence electrons. The summed E-state index contributed by atoms with van der Waals surface area (Å²) in [6.45, 7) is 2.00. The van der Waals surface area contributed by atoms with Crippen LogP contribution in [0.4, 0.5) is 0 Å². The van der Waals surface area contributed by atoms with Crippen molar-refractivity contribution in [2.24, 2.45) is 5.73 Å². The van der Waals surface area contributed by atoms with Crippen molar-refractivity contribution in [1.29, 1.82) is 0 Å². The molecule has 0 aliphatic rings. The average molecular weight is 165 g/mol. The number of hydrogen-bond acceptors (Lipinski definition) is 2. The van der Waals surface area contributed by atoms with E-state index in [1.165, 1.54) is 5.56 Å². The van der Waals surface area contributed by atoms with Gasteiger partial charge < -0.3 is 10.5 Å². The number of methoxy groups -OCH3 is 1. The smallest absolute Gasteiger partial charge is 0.118 e. The topological polar surface area (TPSA) is 35.2 Å². The van der Waals surface area contributed by atoms with Crippen LogP contribution in [0.15, 0.2) is 24.3 Å². The molecule has 2 N–H and O–H groups in total. The maximum absolute atomic E-state index is 5.66. The molecule has 1 atom stereocenters. The van der Waals surface area contributed by atoms with Gasteiger partial charge in [0, 0.05) is 6.04 Å². The van der Waals surface area contributed by atoms with Gasteiger partial charge in [0.1, 0.15) is 5.75 Å². The largest absolute Gasteiger partial charge is 0.497 e. The van der Waals surface area contributed by atoms with E-state index >= 15 is 0 Å². The van der Waals surface area contributed by atoms with Crippen LogP contribution in [-0.2, 0) is 6.42 Å². The third-order valence-electron chi connectivity index (χ3n) is 1.72. The van der Waals surface area contributed by atoms with Crippen molar-refractivity contribution in [1.82, 2.24) is 0 Å². The normalized spacial score (nSPS) is 12.6. The third-order valence-corrected chi connectivity index (χ3v) is 1.72. The third kappa shape index (κ3) is 2.55. The molecular weight excluding hydrogens is 150 g/mol. The number of rotatable bonds is 3. The van der Waals surface area contributed by atoms with Crippen molar-refractivity contribution in [3.63, 3.8) is 0 Å². The summed E-state index contributed by atoms with van der Waals surface area (Å²) in [5, 5.41) is 0. The van der Waals surface area contributed by atoms with Crippen LogP contribution in [0.25, 0.3) is 0 Å². The van der Waals surface area contributed by atoms with Gasteiger partial charge in [-0.15, -0.1) is 0 Å². The van der Waals surface area contributed by atoms with Crippen molar-refractivity contribution in [2.75, 3.05) is 7.11 Å². The minimum Gasteiger partial charge on any atom is -0.497 e. The fourth-order valence-corrected chi connectivity index (χ4v) is 1.13. The van der Waals surface area contributed by atoms with Crippen LogP contribution < -0.4 is 10.5 Å². The number of nitrogens with two attached hydrogens (primary N) is 1. The van der Waals surface area contributed by atoms with Crippen molar-refractivity contribution in [3.8, 4) is 5.75 Å². The van der Waals surface area contributed by atoms with Crippen LogP contribution in [0.5, 0.6) is 5.75 Å². The van der Waals surface area contributed by atoms with Crippen LogP contribution >= 0.6 is 0 Å². The molecule has 0 saturated heterocycles. The van der Waals surface area contributed by atoms with E-state index in [0.717, 1.165) is 12.2 Å². The minimum absolute atomic E-state index is 0.221. The number of ether oxygens (including phenoxy) is 1.